The zero-order valence-corrected chi connectivity index (χ0v) is 14.4. The molecule has 0 saturated heterocycles. The third-order valence-corrected chi connectivity index (χ3v) is 5.05. The maximum Gasteiger partial charge on any atom is 0.211 e. The number of nitrogens with one attached hydrogen (secondary N) is 1. The molecule has 0 fully saturated rings. The second kappa shape index (κ2) is 7.06. The van der Waals surface area contributed by atoms with E-state index in [1.54, 1.807) is 4.52 Å². The van der Waals surface area contributed by atoms with Gasteiger partial charge in [0.1, 0.15) is 11.6 Å². The highest BCUT2D eigenvalue weighted by Crippen LogP contribution is 2.17. The Hall–Kier alpha value is -1.98. The first-order valence-corrected chi connectivity index (χ1v) is 9.26. The number of hydrogen-bond donors (Lipinski definition) is 1. The number of aryl methyl sites for hydroxylation is 3. The fourth-order valence-electron chi connectivity index (χ4n) is 2.48. The number of nitriles is 1. The number of nitrogens with zero attached hydrogens (tertiary/aromatic N) is 4. The summed E-state index contributed by atoms with van der Waals surface area (Å²) in [5.41, 5.74) is 3.44. The Balaban J connectivity index is 2.12. The van der Waals surface area contributed by atoms with Crippen molar-refractivity contribution in [2.75, 3.05) is 12.3 Å². The molecule has 0 bridgehead atoms. The lowest BCUT2D eigenvalue weighted by Gasteiger charge is -2.04. The van der Waals surface area contributed by atoms with Gasteiger partial charge >= 0.3 is 0 Å². The molecule has 0 aliphatic rings. The van der Waals surface area contributed by atoms with E-state index in [0.717, 1.165) is 11.4 Å². The molecule has 2 rings (SSSR count). The van der Waals surface area contributed by atoms with Crippen LogP contribution in [0.4, 0.5) is 0 Å². The van der Waals surface area contributed by atoms with Crippen LogP contribution in [0.5, 0.6) is 0 Å². The minimum absolute atomic E-state index is 0.132. The van der Waals surface area contributed by atoms with Crippen molar-refractivity contribution >= 4 is 15.7 Å². The smallest absolute Gasteiger partial charge is 0.211 e. The van der Waals surface area contributed by atoms with E-state index in [4.69, 9.17) is 0 Å². The van der Waals surface area contributed by atoms with E-state index in [-0.39, 0.29) is 5.75 Å². The molecule has 0 atom stereocenters. The summed E-state index contributed by atoms with van der Waals surface area (Å²) in [5, 5.41) is 13.8. The molecule has 2 heterocycles. The molecule has 0 saturated carbocycles. The zero-order chi connectivity index (χ0) is 17.0. The Kier molecular flexibility index (Phi) is 5.34. The SMILES string of the molecule is CCCS(=O)(=O)NCCCc1nn2c(C)cc(C)nc2c1C#N. The Morgan fingerprint density at radius 2 is 2.13 bits per heavy atom. The van der Waals surface area contributed by atoms with Crippen LogP contribution in [0.15, 0.2) is 6.07 Å². The van der Waals surface area contributed by atoms with Crippen molar-refractivity contribution in [3.8, 4) is 6.07 Å². The van der Waals surface area contributed by atoms with Crippen molar-refractivity contribution in [3.05, 3.63) is 28.7 Å². The van der Waals surface area contributed by atoms with Gasteiger partial charge in [-0.3, -0.25) is 0 Å². The van der Waals surface area contributed by atoms with E-state index in [0.29, 0.717) is 42.7 Å². The molecule has 0 radical (unpaired) electrons. The highest BCUT2D eigenvalue weighted by molar-refractivity contribution is 7.89. The molecule has 0 aromatic carbocycles. The quantitative estimate of drug-likeness (QED) is 0.773. The fraction of sp³-hybridized carbons (Fsp3) is 0.533. The van der Waals surface area contributed by atoms with Gasteiger partial charge in [-0.15, -0.1) is 0 Å². The number of aromatic nitrogens is 3. The van der Waals surface area contributed by atoms with Gasteiger partial charge in [0.15, 0.2) is 5.65 Å². The first-order valence-electron chi connectivity index (χ1n) is 7.61. The molecular formula is C15H21N5O2S. The molecule has 2 aromatic rings. The van der Waals surface area contributed by atoms with E-state index in [9.17, 15) is 13.7 Å². The second-order valence-corrected chi connectivity index (χ2v) is 7.45. The van der Waals surface area contributed by atoms with Crippen LogP contribution < -0.4 is 4.72 Å². The number of rotatable bonds is 7. The monoisotopic (exact) mass is 335 g/mol. The topological polar surface area (TPSA) is 100 Å². The lowest BCUT2D eigenvalue weighted by molar-refractivity contribution is 0.577. The van der Waals surface area contributed by atoms with Crippen LogP contribution in [-0.2, 0) is 16.4 Å². The third kappa shape index (κ3) is 4.06. The molecule has 0 amide bonds. The largest absolute Gasteiger partial charge is 0.233 e. The summed E-state index contributed by atoms with van der Waals surface area (Å²) >= 11 is 0. The van der Waals surface area contributed by atoms with Crippen LogP contribution in [0.3, 0.4) is 0 Å². The van der Waals surface area contributed by atoms with Gasteiger partial charge in [-0.25, -0.2) is 22.6 Å². The van der Waals surface area contributed by atoms with Gasteiger partial charge < -0.3 is 0 Å². The fourth-order valence-corrected chi connectivity index (χ4v) is 3.62. The first kappa shape index (κ1) is 17.4. The third-order valence-electron chi connectivity index (χ3n) is 3.46. The highest BCUT2D eigenvalue weighted by Gasteiger charge is 2.15. The maximum absolute atomic E-state index is 11.6. The van der Waals surface area contributed by atoms with Crippen molar-refractivity contribution in [2.24, 2.45) is 0 Å². The summed E-state index contributed by atoms with van der Waals surface area (Å²) in [4.78, 5) is 4.39. The van der Waals surface area contributed by atoms with E-state index in [2.05, 4.69) is 20.9 Å². The Bertz CT molecular complexity index is 849. The van der Waals surface area contributed by atoms with Crippen molar-refractivity contribution in [1.82, 2.24) is 19.3 Å². The summed E-state index contributed by atoms with van der Waals surface area (Å²) in [5.74, 6) is 0.132. The van der Waals surface area contributed by atoms with Gasteiger partial charge in [-0.05, 0) is 39.2 Å². The normalized spacial score (nSPS) is 11.7. The van der Waals surface area contributed by atoms with Gasteiger partial charge in [0, 0.05) is 17.9 Å². The number of sulfonamides is 1. The molecule has 23 heavy (non-hydrogen) atoms. The summed E-state index contributed by atoms with van der Waals surface area (Å²) in [6.07, 6.45) is 1.70. The van der Waals surface area contributed by atoms with Crippen LogP contribution in [0.1, 0.15) is 42.4 Å². The molecule has 1 N–H and O–H groups in total. The summed E-state index contributed by atoms with van der Waals surface area (Å²) in [7, 11) is -3.19. The summed E-state index contributed by atoms with van der Waals surface area (Å²) < 4.78 is 27.4. The van der Waals surface area contributed by atoms with Gasteiger partial charge in [0.2, 0.25) is 10.0 Å². The summed E-state index contributed by atoms with van der Waals surface area (Å²) in [6.45, 7) is 5.96. The molecule has 2 aromatic heterocycles. The van der Waals surface area contributed by atoms with E-state index in [1.165, 1.54) is 0 Å². The average Bonchev–Trinajstić information content (AvgIpc) is 2.81. The van der Waals surface area contributed by atoms with Crippen LogP contribution in [-0.4, -0.2) is 35.3 Å². The molecule has 7 nitrogen and oxygen atoms in total. The van der Waals surface area contributed by atoms with Gasteiger partial charge in [-0.1, -0.05) is 6.92 Å². The van der Waals surface area contributed by atoms with Crippen molar-refractivity contribution in [3.63, 3.8) is 0 Å². The van der Waals surface area contributed by atoms with E-state index < -0.39 is 10.0 Å². The van der Waals surface area contributed by atoms with Crippen molar-refractivity contribution in [1.29, 1.82) is 5.26 Å². The zero-order valence-electron chi connectivity index (χ0n) is 13.6. The minimum Gasteiger partial charge on any atom is -0.233 e. The molecule has 0 spiro atoms. The molecule has 0 unspecified atom stereocenters. The predicted molar refractivity (Wildman–Crippen MR) is 87.6 cm³/mol. The first-order chi connectivity index (χ1) is 10.9. The molecule has 124 valence electrons. The van der Waals surface area contributed by atoms with Gasteiger partial charge in [-0.2, -0.15) is 10.4 Å². The number of fused-ring (bicyclic) bond motifs is 1. The Morgan fingerprint density at radius 3 is 2.78 bits per heavy atom. The van der Waals surface area contributed by atoms with Crippen LogP contribution in [0, 0.1) is 25.2 Å². The van der Waals surface area contributed by atoms with Gasteiger partial charge in [0.25, 0.3) is 0 Å². The lowest BCUT2D eigenvalue weighted by Crippen LogP contribution is -2.27. The molecular weight excluding hydrogens is 314 g/mol. The Labute approximate surface area is 136 Å². The molecule has 0 aliphatic heterocycles. The van der Waals surface area contributed by atoms with Gasteiger partial charge in [0.05, 0.1) is 11.4 Å². The van der Waals surface area contributed by atoms with Crippen LogP contribution in [0.25, 0.3) is 5.65 Å². The standard InChI is InChI=1S/C15H21N5O2S/c1-4-8-23(21,22)17-7-5-6-14-13(10-16)15-18-11(2)9-12(3)20(15)19-14/h9,17H,4-8H2,1-3H3. The maximum atomic E-state index is 11.6. The summed E-state index contributed by atoms with van der Waals surface area (Å²) in [6, 6.07) is 4.07. The highest BCUT2D eigenvalue weighted by atomic mass is 32.2. The minimum atomic E-state index is -3.19. The average molecular weight is 335 g/mol. The van der Waals surface area contributed by atoms with Crippen molar-refractivity contribution < 1.29 is 8.42 Å². The van der Waals surface area contributed by atoms with Crippen LogP contribution in [0.2, 0.25) is 0 Å². The number of hydrogen-bond acceptors (Lipinski definition) is 5. The van der Waals surface area contributed by atoms with Crippen molar-refractivity contribution in [2.45, 2.75) is 40.0 Å². The second-order valence-electron chi connectivity index (χ2n) is 5.52. The van der Waals surface area contributed by atoms with Crippen LogP contribution >= 0.6 is 0 Å². The molecule has 8 heteroatoms. The Morgan fingerprint density at radius 1 is 1.39 bits per heavy atom. The molecule has 0 aliphatic carbocycles. The van der Waals surface area contributed by atoms with E-state index >= 15 is 0 Å². The van der Waals surface area contributed by atoms with E-state index in [1.807, 2.05) is 26.8 Å². The lowest BCUT2D eigenvalue weighted by atomic mass is 10.1. The predicted octanol–water partition coefficient (Wildman–Crippen LogP) is 1.48.